The lowest BCUT2D eigenvalue weighted by atomic mass is 9.95. The van der Waals surface area contributed by atoms with Crippen molar-refractivity contribution in [1.82, 2.24) is 15.1 Å². The third-order valence-electron chi connectivity index (χ3n) is 6.13. The largest absolute Gasteiger partial charge is 0.379 e. The molecule has 2 saturated heterocycles. The Morgan fingerprint density at radius 3 is 2.31 bits per heavy atom. The van der Waals surface area contributed by atoms with Crippen LogP contribution in [0.1, 0.15) is 43.5 Å². The molecule has 0 unspecified atom stereocenters. The van der Waals surface area contributed by atoms with Crippen LogP contribution in [0, 0.1) is 11.8 Å². The molecule has 8 nitrogen and oxygen atoms in total. The standard InChI is InChI=1S/C24H36N4O4/c1-18(2)22(29)26-21-6-4-20(5-7-21)24(31)28-12-8-19(9-13-28)23(30)25-10-3-11-27-14-16-32-17-15-27/h4-7,18-19H,3,8-17H2,1-2H3,(H,25,30)(H,26,29). The van der Waals surface area contributed by atoms with Gasteiger partial charge in [-0.15, -0.1) is 0 Å². The lowest BCUT2D eigenvalue weighted by Crippen LogP contribution is -2.43. The number of morpholine rings is 1. The van der Waals surface area contributed by atoms with Gasteiger partial charge >= 0.3 is 0 Å². The van der Waals surface area contributed by atoms with Crippen molar-refractivity contribution >= 4 is 23.4 Å². The summed E-state index contributed by atoms with van der Waals surface area (Å²) >= 11 is 0. The van der Waals surface area contributed by atoms with E-state index in [1.54, 1.807) is 24.3 Å². The highest BCUT2D eigenvalue weighted by Crippen LogP contribution is 2.20. The molecule has 32 heavy (non-hydrogen) atoms. The monoisotopic (exact) mass is 444 g/mol. The van der Waals surface area contributed by atoms with Crippen LogP contribution in [0.3, 0.4) is 0 Å². The van der Waals surface area contributed by atoms with Gasteiger partial charge in [-0.25, -0.2) is 0 Å². The zero-order valence-corrected chi connectivity index (χ0v) is 19.3. The second-order valence-corrected chi connectivity index (χ2v) is 8.89. The number of carbonyl (C=O) groups is 3. The molecule has 0 radical (unpaired) electrons. The van der Waals surface area contributed by atoms with Gasteiger partial charge in [-0.1, -0.05) is 13.8 Å². The molecular weight excluding hydrogens is 408 g/mol. The first-order valence-electron chi connectivity index (χ1n) is 11.7. The van der Waals surface area contributed by atoms with Gasteiger partial charge in [0.2, 0.25) is 11.8 Å². The Labute approximate surface area is 190 Å². The van der Waals surface area contributed by atoms with Gasteiger partial charge in [0.25, 0.3) is 5.91 Å². The lowest BCUT2D eigenvalue weighted by Gasteiger charge is -2.31. The molecule has 8 heteroatoms. The number of hydrogen-bond donors (Lipinski definition) is 2. The summed E-state index contributed by atoms with van der Waals surface area (Å²) in [6, 6.07) is 6.99. The molecule has 2 N–H and O–H groups in total. The van der Waals surface area contributed by atoms with Crippen LogP contribution in [0.25, 0.3) is 0 Å². The maximum Gasteiger partial charge on any atom is 0.253 e. The van der Waals surface area contributed by atoms with E-state index in [1.165, 1.54) is 0 Å². The summed E-state index contributed by atoms with van der Waals surface area (Å²) in [6.07, 6.45) is 2.31. The summed E-state index contributed by atoms with van der Waals surface area (Å²) in [6.45, 7) is 10.0. The molecule has 0 aromatic heterocycles. The molecule has 1 aromatic carbocycles. The lowest BCUT2D eigenvalue weighted by molar-refractivity contribution is -0.126. The van der Waals surface area contributed by atoms with Crippen LogP contribution in [-0.4, -0.2) is 80.0 Å². The van der Waals surface area contributed by atoms with E-state index in [0.29, 0.717) is 43.7 Å². The number of nitrogens with zero attached hydrogens (tertiary/aromatic N) is 2. The number of piperidine rings is 1. The van der Waals surface area contributed by atoms with Crippen molar-refractivity contribution < 1.29 is 19.1 Å². The van der Waals surface area contributed by atoms with Crippen molar-refractivity contribution in [3.05, 3.63) is 29.8 Å². The fraction of sp³-hybridized carbons (Fsp3) is 0.625. The van der Waals surface area contributed by atoms with E-state index in [1.807, 2.05) is 18.7 Å². The molecule has 0 bridgehead atoms. The zero-order chi connectivity index (χ0) is 22.9. The van der Waals surface area contributed by atoms with Crippen molar-refractivity contribution in [3.63, 3.8) is 0 Å². The summed E-state index contributed by atoms with van der Waals surface area (Å²) in [4.78, 5) is 41.3. The number of hydrogen-bond acceptors (Lipinski definition) is 5. The summed E-state index contributed by atoms with van der Waals surface area (Å²) in [5.41, 5.74) is 1.28. The number of amides is 3. The van der Waals surface area contributed by atoms with Crippen molar-refractivity contribution in [2.45, 2.75) is 33.1 Å². The maximum absolute atomic E-state index is 12.8. The summed E-state index contributed by atoms with van der Waals surface area (Å²) in [5, 5.41) is 5.89. The molecule has 0 spiro atoms. The fourth-order valence-corrected chi connectivity index (χ4v) is 3.99. The number of likely N-dealkylation sites (tertiary alicyclic amines) is 1. The SMILES string of the molecule is CC(C)C(=O)Nc1ccc(C(=O)N2CCC(C(=O)NCCCN3CCOCC3)CC2)cc1. The van der Waals surface area contributed by atoms with Crippen LogP contribution in [0.4, 0.5) is 5.69 Å². The second kappa shape index (κ2) is 12.0. The van der Waals surface area contributed by atoms with Crippen LogP contribution < -0.4 is 10.6 Å². The predicted molar refractivity (Wildman–Crippen MR) is 123 cm³/mol. The maximum atomic E-state index is 12.8. The van der Waals surface area contributed by atoms with Gasteiger partial charge in [0.05, 0.1) is 13.2 Å². The Morgan fingerprint density at radius 2 is 1.69 bits per heavy atom. The zero-order valence-electron chi connectivity index (χ0n) is 19.3. The smallest absolute Gasteiger partial charge is 0.253 e. The quantitative estimate of drug-likeness (QED) is 0.599. The van der Waals surface area contributed by atoms with E-state index in [9.17, 15) is 14.4 Å². The highest BCUT2D eigenvalue weighted by molar-refractivity contribution is 5.96. The molecule has 2 fully saturated rings. The Bertz CT molecular complexity index is 767. The average Bonchev–Trinajstić information content (AvgIpc) is 2.82. The minimum atomic E-state index is -0.0976. The van der Waals surface area contributed by atoms with E-state index < -0.39 is 0 Å². The van der Waals surface area contributed by atoms with Crippen molar-refractivity contribution in [3.8, 4) is 0 Å². The first-order chi connectivity index (χ1) is 15.4. The molecule has 3 amide bonds. The van der Waals surface area contributed by atoms with Gasteiger partial charge in [0, 0.05) is 55.8 Å². The molecule has 2 aliphatic heterocycles. The first-order valence-corrected chi connectivity index (χ1v) is 11.7. The number of nitrogens with one attached hydrogen (secondary N) is 2. The van der Waals surface area contributed by atoms with Crippen LogP contribution in [0.2, 0.25) is 0 Å². The van der Waals surface area contributed by atoms with Crippen molar-refractivity contribution in [2.75, 3.05) is 57.8 Å². The van der Waals surface area contributed by atoms with E-state index in [2.05, 4.69) is 15.5 Å². The number of ether oxygens (including phenoxy) is 1. The molecule has 3 rings (SSSR count). The molecule has 0 saturated carbocycles. The topological polar surface area (TPSA) is 91.0 Å². The summed E-state index contributed by atoms with van der Waals surface area (Å²) in [5.74, 6) is -0.110. The summed E-state index contributed by atoms with van der Waals surface area (Å²) < 4.78 is 5.35. The number of rotatable bonds is 8. The van der Waals surface area contributed by atoms with Gasteiger partial charge in [-0.2, -0.15) is 0 Å². The van der Waals surface area contributed by atoms with Crippen LogP contribution in [0.5, 0.6) is 0 Å². The summed E-state index contributed by atoms with van der Waals surface area (Å²) in [7, 11) is 0. The Kier molecular flexibility index (Phi) is 9.05. The molecule has 2 heterocycles. The fourth-order valence-electron chi connectivity index (χ4n) is 3.99. The number of anilines is 1. The Morgan fingerprint density at radius 1 is 1.03 bits per heavy atom. The number of benzene rings is 1. The molecule has 2 aliphatic rings. The highest BCUT2D eigenvalue weighted by atomic mass is 16.5. The van der Waals surface area contributed by atoms with E-state index in [4.69, 9.17) is 4.74 Å². The molecule has 1 aromatic rings. The van der Waals surface area contributed by atoms with Gasteiger partial charge < -0.3 is 20.3 Å². The van der Waals surface area contributed by atoms with Crippen LogP contribution in [0.15, 0.2) is 24.3 Å². The van der Waals surface area contributed by atoms with Gasteiger partial charge in [-0.3, -0.25) is 19.3 Å². The molecule has 0 aliphatic carbocycles. The average molecular weight is 445 g/mol. The first kappa shape index (κ1) is 24.2. The third kappa shape index (κ3) is 7.03. The minimum absolute atomic E-state index is 0.0314. The van der Waals surface area contributed by atoms with E-state index in [-0.39, 0.29) is 29.6 Å². The molecule has 176 valence electrons. The highest BCUT2D eigenvalue weighted by Gasteiger charge is 2.27. The van der Waals surface area contributed by atoms with Gasteiger partial charge in [0.15, 0.2) is 0 Å². The van der Waals surface area contributed by atoms with Crippen molar-refractivity contribution in [1.29, 1.82) is 0 Å². The molecule has 0 atom stereocenters. The van der Waals surface area contributed by atoms with Crippen LogP contribution >= 0.6 is 0 Å². The van der Waals surface area contributed by atoms with E-state index >= 15 is 0 Å². The normalized spacial score (nSPS) is 17.9. The van der Waals surface area contributed by atoms with Crippen LogP contribution in [-0.2, 0) is 14.3 Å². The second-order valence-electron chi connectivity index (χ2n) is 8.89. The Hall–Kier alpha value is -2.45. The number of carbonyl (C=O) groups excluding carboxylic acids is 3. The van der Waals surface area contributed by atoms with Crippen molar-refractivity contribution in [2.24, 2.45) is 11.8 Å². The third-order valence-corrected chi connectivity index (χ3v) is 6.13. The molecular formula is C24H36N4O4. The van der Waals surface area contributed by atoms with Gasteiger partial charge in [0.1, 0.15) is 0 Å². The van der Waals surface area contributed by atoms with Gasteiger partial charge in [-0.05, 0) is 50.1 Å². The minimum Gasteiger partial charge on any atom is -0.379 e. The Balaban J connectivity index is 1.37. The predicted octanol–water partition coefficient (Wildman–Crippen LogP) is 1.97. The van der Waals surface area contributed by atoms with E-state index in [0.717, 1.165) is 39.3 Å².